The van der Waals surface area contributed by atoms with Crippen molar-refractivity contribution in [3.63, 3.8) is 0 Å². The fourth-order valence-corrected chi connectivity index (χ4v) is 2.65. The van der Waals surface area contributed by atoms with E-state index in [1.54, 1.807) is 12.3 Å². The van der Waals surface area contributed by atoms with Crippen LogP contribution in [0.15, 0.2) is 16.7 Å². The Kier molecular flexibility index (Phi) is 5.20. The molecule has 20 heavy (non-hydrogen) atoms. The Morgan fingerprint density at radius 2 is 2.20 bits per heavy atom. The molecule has 2 N–H and O–H groups in total. The van der Waals surface area contributed by atoms with E-state index in [0.717, 1.165) is 39.1 Å². The second-order valence-corrected chi connectivity index (χ2v) is 5.68. The van der Waals surface area contributed by atoms with Gasteiger partial charge in [0.25, 0.3) is 5.91 Å². The summed E-state index contributed by atoms with van der Waals surface area (Å²) in [5.41, 5.74) is 6.37. The zero-order chi connectivity index (χ0) is 14.5. The fraction of sp³-hybridized carbons (Fsp3) is 0.667. The lowest BCUT2D eigenvalue weighted by atomic mass is 10.1. The van der Waals surface area contributed by atoms with Crippen LogP contribution in [0.4, 0.5) is 0 Å². The molecule has 2 heterocycles. The molecule has 112 valence electrons. The number of carbonyl (C=O) groups is 1. The molecule has 1 atom stereocenters. The molecule has 0 aliphatic carbocycles. The lowest BCUT2D eigenvalue weighted by Gasteiger charge is -2.24. The summed E-state index contributed by atoms with van der Waals surface area (Å²) in [6.45, 7) is 9.29. The SMILES string of the molecule is Cc1occc1C(=O)N1CCCN(CC(C)CN)CC1. The largest absolute Gasteiger partial charge is 0.469 e. The van der Waals surface area contributed by atoms with Gasteiger partial charge in [-0.05, 0) is 38.4 Å². The van der Waals surface area contributed by atoms with Gasteiger partial charge >= 0.3 is 0 Å². The fourth-order valence-electron chi connectivity index (χ4n) is 2.65. The number of hydrogen-bond acceptors (Lipinski definition) is 4. The van der Waals surface area contributed by atoms with Crippen LogP contribution in [0.5, 0.6) is 0 Å². The zero-order valence-electron chi connectivity index (χ0n) is 12.5. The van der Waals surface area contributed by atoms with E-state index in [0.29, 0.717) is 23.8 Å². The van der Waals surface area contributed by atoms with Crippen LogP contribution in [0.1, 0.15) is 29.5 Å². The van der Waals surface area contributed by atoms with E-state index >= 15 is 0 Å². The van der Waals surface area contributed by atoms with Crippen molar-refractivity contribution in [3.8, 4) is 0 Å². The van der Waals surface area contributed by atoms with Gasteiger partial charge in [0.2, 0.25) is 0 Å². The van der Waals surface area contributed by atoms with Gasteiger partial charge in [-0.15, -0.1) is 0 Å². The topological polar surface area (TPSA) is 62.7 Å². The van der Waals surface area contributed by atoms with E-state index in [1.165, 1.54) is 0 Å². The van der Waals surface area contributed by atoms with Crippen molar-refractivity contribution in [3.05, 3.63) is 23.7 Å². The summed E-state index contributed by atoms with van der Waals surface area (Å²) in [5, 5.41) is 0. The van der Waals surface area contributed by atoms with Gasteiger partial charge in [-0.1, -0.05) is 6.92 Å². The molecule has 0 saturated carbocycles. The van der Waals surface area contributed by atoms with Crippen molar-refractivity contribution in [1.29, 1.82) is 0 Å². The van der Waals surface area contributed by atoms with Crippen molar-refractivity contribution in [2.75, 3.05) is 39.3 Å². The Morgan fingerprint density at radius 1 is 1.40 bits per heavy atom. The van der Waals surface area contributed by atoms with Gasteiger partial charge in [0.15, 0.2) is 0 Å². The van der Waals surface area contributed by atoms with Crippen LogP contribution in [0, 0.1) is 12.8 Å². The third-order valence-corrected chi connectivity index (χ3v) is 3.94. The number of hydrogen-bond donors (Lipinski definition) is 1. The average molecular weight is 279 g/mol. The Bertz CT molecular complexity index is 444. The molecular weight excluding hydrogens is 254 g/mol. The van der Waals surface area contributed by atoms with Crippen LogP contribution in [0.3, 0.4) is 0 Å². The van der Waals surface area contributed by atoms with Gasteiger partial charge in [-0.3, -0.25) is 4.79 Å². The van der Waals surface area contributed by atoms with E-state index in [2.05, 4.69) is 11.8 Å². The minimum absolute atomic E-state index is 0.0879. The number of aryl methyl sites for hydroxylation is 1. The van der Waals surface area contributed by atoms with Gasteiger partial charge in [-0.2, -0.15) is 0 Å². The van der Waals surface area contributed by atoms with E-state index < -0.39 is 0 Å². The summed E-state index contributed by atoms with van der Waals surface area (Å²) in [6, 6.07) is 1.76. The maximum atomic E-state index is 12.4. The first kappa shape index (κ1) is 15.1. The lowest BCUT2D eigenvalue weighted by Crippen LogP contribution is -2.37. The zero-order valence-corrected chi connectivity index (χ0v) is 12.5. The molecular formula is C15H25N3O2. The maximum Gasteiger partial charge on any atom is 0.257 e. The second-order valence-electron chi connectivity index (χ2n) is 5.68. The molecule has 1 unspecified atom stereocenters. The van der Waals surface area contributed by atoms with Crippen molar-refractivity contribution >= 4 is 5.91 Å². The maximum absolute atomic E-state index is 12.4. The predicted octanol–water partition coefficient (Wildman–Crippen LogP) is 1.33. The normalized spacial score (nSPS) is 18.9. The third kappa shape index (κ3) is 3.61. The number of nitrogens with two attached hydrogens (primary N) is 1. The minimum Gasteiger partial charge on any atom is -0.469 e. The minimum atomic E-state index is 0.0879. The van der Waals surface area contributed by atoms with Crippen LogP contribution in [-0.2, 0) is 0 Å². The second kappa shape index (κ2) is 6.90. The highest BCUT2D eigenvalue weighted by Crippen LogP contribution is 2.14. The Hall–Kier alpha value is -1.33. The molecule has 1 aliphatic rings. The summed E-state index contributed by atoms with van der Waals surface area (Å²) in [7, 11) is 0. The number of nitrogens with zero attached hydrogens (tertiary/aromatic N) is 2. The van der Waals surface area contributed by atoms with Crippen molar-refractivity contribution in [1.82, 2.24) is 9.80 Å². The van der Waals surface area contributed by atoms with E-state index in [-0.39, 0.29) is 5.91 Å². The summed E-state index contributed by atoms with van der Waals surface area (Å²) in [6.07, 6.45) is 2.59. The molecule has 2 rings (SSSR count). The molecule has 1 aromatic heterocycles. The Labute approximate surface area is 120 Å². The molecule has 1 amide bonds. The van der Waals surface area contributed by atoms with Crippen molar-refractivity contribution in [2.24, 2.45) is 11.7 Å². The van der Waals surface area contributed by atoms with Crippen LogP contribution < -0.4 is 5.73 Å². The number of rotatable bonds is 4. The average Bonchev–Trinajstić information content (AvgIpc) is 2.73. The van der Waals surface area contributed by atoms with Gasteiger partial charge in [0.05, 0.1) is 11.8 Å². The van der Waals surface area contributed by atoms with Crippen molar-refractivity contribution in [2.45, 2.75) is 20.3 Å². The molecule has 0 radical (unpaired) electrons. The molecule has 1 aliphatic heterocycles. The van der Waals surface area contributed by atoms with Crippen LogP contribution in [0.25, 0.3) is 0 Å². The van der Waals surface area contributed by atoms with Crippen LogP contribution >= 0.6 is 0 Å². The molecule has 0 aromatic carbocycles. The summed E-state index contributed by atoms with van der Waals surface area (Å²) < 4.78 is 5.22. The molecule has 1 fully saturated rings. The molecule has 5 nitrogen and oxygen atoms in total. The molecule has 5 heteroatoms. The molecule has 1 saturated heterocycles. The van der Waals surface area contributed by atoms with Gasteiger partial charge in [-0.25, -0.2) is 0 Å². The van der Waals surface area contributed by atoms with Gasteiger partial charge < -0.3 is 20.0 Å². The standard InChI is InChI=1S/C15H25N3O2/c1-12(10-16)11-17-5-3-6-18(8-7-17)15(19)14-4-9-20-13(14)2/h4,9,12H,3,5-8,10-11,16H2,1-2H3. The summed E-state index contributed by atoms with van der Waals surface area (Å²) in [4.78, 5) is 16.8. The highest BCUT2D eigenvalue weighted by Gasteiger charge is 2.22. The van der Waals surface area contributed by atoms with E-state index in [9.17, 15) is 4.79 Å². The monoisotopic (exact) mass is 279 g/mol. The predicted molar refractivity (Wildman–Crippen MR) is 78.6 cm³/mol. The van der Waals surface area contributed by atoms with Crippen LogP contribution in [0.2, 0.25) is 0 Å². The smallest absolute Gasteiger partial charge is 0.257 e. The Morgan fingerprint density at radius 3 is 2.85 bits per heavy atom. The highest BCUT2D eigenvalue weighted by molar-refractivity contribution is 5.95. The lowest BCUT2D eigenvalue weighted by molar-refractivity contribution is 0.0759. The summed E-state index contributed by atoms with van der Waals surface area (Å²) in [5.74, 6) is 1.30. The number of amides is 1. The first-order valence-electron chi connectivity index (χ1n) is 7.37. The molecule has 0 spiro atoms. The first-order valence-corrected chi connectivity index (χ1v) is 7.37. The highest BCUT2D eigenvalue weighted by atomic mass is 16.3. The first-order chi connectivity index (χ1) is 9.61. The van der Waals surface area contributed by atoms with E-state index in [1.807, 2.05) is 11.8 Å². The third-order valence-electron chi connectivity index (χ3n) is 3.94. The van der Waals surface area contributed by atoms with Gasteiger partial charge in [0, 0.05) is 26.2 Å². The van der Waals surface area contributed by atoms with E-state index in [4.69, 9.17) is 10.2 Å². The van der Waals surface area contributed by atoms with Gasteiger partial charge in [0.1, 0.15) is 5.76 Å². The Balaban J connectivity index is 1.93. The quantitative estimate of drug-likeness (QED) is 0.903. The number of furan rings is 1. The summed E-state index contributed by atoms with van der Waals surface area (Å²) >= 11 is 0. The number of carbonyl (C=O) groups excluding carboxylic acids is 1. The van der Waals surface area contributed by atoms with Crippen molar-refractivity contribution < 1.29 is 9.21 Å². The molecule has 1 aromatic rings. The molecule has 0 bridgehead atoms. The van der Waals surface area contributed by atoms with Crippen LogP contribution in [-0.4, -0.2) is 55.0 Å².